The third-order valence-electron chi connectivity index (χ3n) is 9.02. The van der Waals surface area contributed by atoms with E-state index in [1.165, 1.54) is 0 Å². The lowest BCUT2D eigenvalue weighted by Crippen LogP contribution is -2.07. The summed E-state index contributed by atoms with van der Waals surface area (Å²) in [6.45, 7) is 13.0. The van der Waals surface area contributed by atoms with Gasteiger partial charge in [0.15, 0.2) is 0 Å². The minimum atomic E-state index is -0.669. The molecular weight excluding hydrogens is 720 g/mol. The number of phenols is 4. The number of carbonyl (C=O) groups is 4. The maximum absolute atomic E-state index is 12.0. The topological polar surface area (TPSA) is 186 Å². The fourth-order valence-electron chi connectivity index (χ4n) is 6.41. The number of carbonyl (C=O) groups excluding carboxylic acids is 4. The van der Waals surface area contributed by atoms with Crippen LogP contribution in [-0.2, 0) is 90.2 Å². The first kappa shape index (κ1) is 40.1. The first-order chi connectivity index (χ1) is 26.8. The van der Waals surface area contributed by atoms with Crippen molar-refractivity contribution >= 4 is 23.9 Å². The molecule has 0 heterocycles. The van der Waals surface area contributed by atoms with E-state index in [9.17, 15) is 39.6 Å². The largest absolute Gasteiger partial charge is 0.507 e. The number of ether oxygens (including phenoxy) is 4. The molecule has 0 fully saturated rings. The first-order valence-corrected chi connectivity index (χ1v) is 17.3. The molecule has 4 N–H and O–H groups in total. The van der Waals surface area contributed by atoms with Crippen LogP contribution in [0.5, 0.6) is 23.0 Å². The number of phenolic OH excluding ortho intramolecular Hbond substituents is 4. The average molecular weight is 761 g/mol. The van der Waals surface area contributed by atoms with E-state index in [1.807, 2.05) is 0 Å². The molecule has 0 atom stereocenters. The summed E-state index contributed by atoms with van der Waals surface area (Å²) in [5.41, 5.74) is 4.56. The lowest BCUT2D eigenvalue weighted by atomic mass is 9.88. The van der Waals surface area contributed by atoms with Crippen molar-refractivity contribution in [3.05, 3.63) is 166 Å². The van der Waals surface area contributed by atoms with Crippen LogP contribution in [0.3, 0.4) is 0 Å². The van der Waals surface area contributed by atoms with Crippen LogP contribution in [-0.4, -0.2) is 44.3 Å². The minimum Gasteiger partial charge on any atom is -0.507 e. The zero-order valence-corrected chi connectivity index (χ0v) is 30.5. The van der Waals surface area contributed by atoms with Gasteiger partial charge in [0.05, 0.1) is 0 Å². The quantitative estimate of drug-likeness (QED) is 0.0652. The molecule has 0 amide bonds. The zero-order chi connectivity index (χ0) is 40.5. The van der Waals surface area contributed by atoms with Crippen molar-refractivity contribution in [1.82, 2.24) is 0 Å². The van der Waals surface area contributed by atoms with Crippen molar-refractivity contribution in [2.75, 3.05) is 0 Å². The van der Waals surface area contributed by atoms with E-state index in [0.717, 1.165) is 24.3 Å². The molecule has 1 aliphatic carbocycles. The highest BCUT2D eigenvalue weighted by molar-refractivity contribution is 5.82. The Bertz CT molecular complexity index is 1850. The van der Waals surface area contributed by atoms with Gasteiger partial charge in [0.25, 0.3) is 0 Å². The van der Waals surface area contributed by atoms with Gasteiger partial charge in [0.1, 0.15) is 49.4 Å². The molecule has 4 aromatic rings. The Balaban J connectivity index is 1.77. The molecule has 12 nitrogen and oxygen atoms in total. The van der Waals surface area contributed by atoms with E-state index in [4.69, 9.17) is 18.9 Å². The van der Waals surface area contributed by atoms with Crippen LogP contribution in [0, 0.1) is 0 Å². The van der Waals surface area contributed by atoms with E-state index >= 15 is 0 Å². The van der Waals surface area contributed by atoms with Gasteiger partial charge in [-0.1, -0.05) is 26.3 Å². The molecule has 56 heavy (non-hydrogen) atoms. The van der Waals surface area contributed by atoms with Gasteiger partial charge in [-0.2, -0.15) is 0 Å². The van der Waals surface area contributed by atoms with Gasteiger partial charge >= 0.3 is 23.9 Å². The van der Waals surface area contributed by atoms with E-state index < -0.39 is 23.9 Å². The summed E-state index contributed by atoms with van der Waals surface area (Å²) in [7, 11) is 0. The predicted octanol–water partition coefficient (Wildman–Crippen LogP) is 6.10. The number of hydrogen-bond donors (Lipinski definition) is 4. The van der Waals surface area contributed by atoms with Gasteiger partial charge in [-0.15, -0.1) is 0 Å². The van der Waals surface area contributed by atoms with Crippen molar-refractivity contribution in [3.63, 3.8) is 0 Å². The summed E-state index contributed by atoms with van der Waals surface area (Å²) < 4.78 is 21.3. The van der Waals surface area contributed by atoms with Crippen LogP contribution in [0.25, 0.3) is 0 Å². The van der Waals surface area contributed by atoms with Crippen molar-refractivity contribution in [2.24, 2.45) is 0 Å². The molecule has 8 bridgehead atoms. The molecule has 5 rings (SSSR count). The summed E-state index contributed by atoms with van der Waals surface area (Å²) in [5, 5.41) is 47.0. The Morgan fingerprint density at radius 2 is 0.554 bits per heavy atom. The monoisotopic (exact) mass is 760 g/mol. The number of fused-ring (bicyclic) bond motifs is 8. The Hall–Kier alpha value is -7.08. The molecule has 1 aliphatic rings. The maximum atomic E-state index is 12.0. The lowest BCUT2D eigenvalue weighted by molar-refractivity contribution is -0.139. The normalized spacial score (nSPS) is 11.7. The van der Waals surface area contributed by atoms with Gasteiger partial charge in [-0.05, 0) is 115 Å². The highest BCUT2D eigenvalue weighted by atomic mass is 16.5. The van der Waals surface area contributed by atoms with Crippen molar-refractivity contribution in [2.45, 2.75) is 52.1 Å². The van der Waals surface area contributed by atoms with E-state index in [0.29, 0.717) is 66.8 Å². The third-order valence-corrected chi connectivity index (χ3v) is 9.02. The van der Waals surface area contributed by atoms with Gasteiger partial charge in [0.2, 0.25) is 0 Å². The number of rotatable bonds is 12. The molecule has 0 spiro atoms. The Morgan fingerprint density at radius 3 is 0.696 bits per heavy atom. The molecule has 0 radical (unpaired) electrons. The van der Waals surface area contributed by atoms with E-state index in [1.54, 1.807) is 48.5 Å². The smallest absolute Gasteiger partial charge is 0.330 e. The van der Waals surface area contributed by atoms with Crippen LogP contribution in [0.1, 0.15) is 66.8 Å². The van der Waals surface area contributed by atoms with Crippen LogP contribution < -0.4 is 0 Å². The van der Waals surface area contributed by atoms with Crippen LogP contribution in [0.15, 0.2) is 99.2 Å². The predicted molar refractivity (Wildman–Crippen MR) is 204 cm³/mol. The lowest BCUT2D eigenvalue weighted by Gasteiger charge is -2.20. The molecular formula is C44H40O12. The fourth-order valence-corrected chi connectivity index (χ4v) is 6.41. The van der Waals surface area contributed by atoms with Gasteiger partial charge in [0, 0.05) is 50.0 Å². The second kappa shape index (κ2) is 17.8. The van der Waals surface area contributed by atoms with Gasteiger partial charge < -0.3 is 39.4 Å². The summed E-state index contributed by atoms with van der Waals surface area (Å²) in [6, 6.07) is 12.9. The van der Waals surface area contributed by atoms with Crippen molar-refractivity contribution in [1.29, 1.82) is 0 Å². The Morgan fingerprint density at radius 1 is 0.393 bits per heavy atom. The van der Waals surface area contributed by atoms with Gasteiger partial charge in [-0.3, -0.25) is 0 Å². The van der Waals surface area contributed by atoms with E-state index in [-0.39, 0.29) is 75.1 Å². The summed E-state index contributed by atoms with van der Waals surface area (Å²) in [4.78, 5) is 48.1. The summed E-state index contributed by atoms with van der Waals surface area (Å²) in [5.74, 6) is -3.32. The standard InChI is InChI=1S/C44H40O12/c1-5-37(45)53-21-25-9-29-17-31-11-26(22-54-38(46)6-2)13-33(42(31)50)19-35-15-28(24-56-40(48)8-4)16-36(44(35)52)20-34-14-27(23-55-39(47)7-3)12-32(43(34)51)18-30(10-25)41(29)49/h5-16,49-52H,1-4,17-24H2. The second-order valence-corrected chi connectivity index (χ2v) is 13.0. The summed E-state index contributed by atoms with van der Waals surface area (Å²) >= 11 is 0. The van der Waals surface area contributed by atoms with E-state index in [2.05, 4.69) is 26.3 Å². The zero-order valence-electron chi connectivity index (χ0n) is 30.5. The molecule has 0 aliphatic heterocycles. The molecule has 12 heteroatoms. The number of benzene rings is 4. The Kier molecular flexibility index (Phi) is 12.8. The third kappa shape index (κ3) is 9.71. The molecule has 288 valence electrons. The molecule has 0 saturated heterocycles. The highest BCUT2D eigenvalue weighted by Gasteiger charge is 2.22. The molecule has 0 unspecified atom stereocenters. The van der Waals surface area contributed by atoms with Gasteiger partial charge in [-0.25, -0.2) is 19.2 Å². The fraction of sp³-hybridized carbons (Fsp3) is 0.182. The maximum Gasteiger partial charge on any atom is 0.330 e. The van der Waals surface area contributed by atoms with Crippen molar-refractivity contribution in [3.8, 4) is 23.0 Å². The van der Waals surface area contributed by atoms with Crippen LogP contribution >= 0.6 is 0 Å². The summed E-state index contributed by atoms with van der Waals surface area (Å²) in [6.07, 6.45) is 3.83. The average Bonchev–Trinajstić information content (AvgIpc) is 3.19. The first-order valence-electron chi connectivity index (χ1n) is 17.3. The molecule has 0 saturated carbocycles. The SMILES string of the molecule is C=CC(=O)OCc1cc2c(O)c(c1)Cc1cc(COC(=O)C=C)cc(c1O)Cc1cc(COC(=O)C=C)cc(c1O)Cc1cc(COC(=O)C=C)cc(c1O)C2. The number of aromatic hydroxyl groups is 4. The molecule has 0 aromatic heterocycles. The Labute approximate surface area is 322 Å². The highest BCUT2D eigenvalue weighted by Crippen LogP contribution is 2.39. The van der Waals surface area contributed by atoms with Crippen LogP contribution in [0.2, 0.25) is 0 Å². The van der Waals surface area contributed by atoms with Crippen molar-refractivity contribution < 1.29 is 58.6 Å². The second-order valence-electron chi connectivity index (χ2n) is 13.0. The number of esters is 4. The molecule has 4 aromatic carbocycles. The number of hydrogen-bond acceptors (Lipinski definition) is 12. The van der Waals surface area contributed by atoms with Crippen LogP contribution in [0.4, 0.5) is 0 Å². The minimum absolute atomic E-state index is 0.0618.